The van der Waals surface area contributed by atoms with Gasteiger partial charge in [-0.1, -0.05) is 52.4 Å². The molecule has 4 unspecified atom stereocenters. The van der Waals surface area contributed by atoms with E-state index in [0.29, 0.717) is 0 Å². The van der Waals surface area contributed by atoms with Crippen LogP contribution in [0, 0.1) is 11.8 Å². The highest BCUT2D eigenvalue weighted by molar-refractivity contribution is 4.82. The number of nitrogens with one attached hydrogen (secondary N) is 1. The van der Waals surface area contributed by atoms with Gasteiger partial charge >= 0.3 is 0 Å². The molecule has 0 bridgehead atoms. The summed E-state index contributed by atoms with van der Waals surface area (Å²) in [5.74, 6) is 2.02. The van der Waals surface area contributed by atoms with Crippen LogP contribution in [0.5, 0.6) is 0 Å². The second-order valence-electron chi connectivity index (χ2n) is 6.78. The fraction of sp³-hybridized carbons (Fsp3) is 1.00. The van der Waals surface area contributed by atoms with Crippen molar-refractivity contribution in [2.75, 3.05) is 0 Å². The molecule has 0 aliphatic heterocycles. The zero-order valence-corrected chi connectivity index (χ0v) is 12.6. The Labute approximate surface area is 114 Å². The molecular formula is C17H33N. The third-order valence-corrected chi connectivity index (χ3v) is 5.50. The van der Waals surface area contributed by atoms with E-state index in [1.54, 1.807) is 0 Å². The molecule has 4 atom stereocenters. The van der Waals surface area contributed by atoms with Crippen molar-refractivity contribution in [2.24, 2.45) is 11.8 Å². The van der Waals surface area contributed by atoms with Crippen molar-refractivity contribution in [2.45, 2.75) is 96.6 Å². The van der Waals surface area contributed by atoms with Crippen LogP contribution in [0.2, 0.25) is 0 Å². The molecule has 0 aromatic heterocycles. The summed E-state index contributed by atoms with van der Waals surface area (Å²) in [7, 11) is 0. The molecule has 106 valence electrons. The minimum atomic E-state index is 0.835. The van der Waals surface area contributed by atoms with E-state index in [2.05, 4.69) is 19.2 Å². The lowest BCUT2D eigenvalue weighted by atomic mass is 9.83. The van der Waals surface area contributed by atoms with Gasteiger partial charge in [0.1, 0.15) is 0 Å². The fourth-order valence-corrected chi connectivity index (χ4v) is 4.10. The monoisotopic (exact) mass is 251 g/mol. The summed E-state index contributed by atoms with van der Waals surface area (Å²) in [6, 6.07) is 1.68. The van der Waals surface area contributed by atoms with Crippen molar-refractivity contribution in [1.82, 2.24) is 5.32 Å². The first-order valence-electron chi connectivity index (χ1n) is 8.57. The zero-order chi connectivity index (χ0) is 12.8. The van der Waals surface area contributed by atoms with Crippen LogP contribution < -0.4 is 5.32 Å². The first-order chi connectivity index (χ1) is 8.81. The summed E-state index contributed by atoms with van der Waals surface area (Å²) >= 11 is 0. The van der Waals surface area contributed by atoms with Gasteiger partial charge in [0.2, 0.25) is 0 Å². The van der Waals surface area contributed by atoms with Crippen LogP contribution in [0.25, 0.3) is 0 Å². The maximum Gasteiger partial charge on any atom is 0.00722 e. The van der Waals surface area contributed by atoms with Crippen molar-refractivity contribution >= 4 is 0 Å². The quantitative estimate of drug-likeness (QED) is 0.700. The molecule has 18 heavy (non-hydrogen) atoms. The van der Waals surface area contributed by atoms with Crippen LogP contribution in [-0.2, 0) is 0 Å². The van der Waals surface area contributed by atoms with E-state index in [1.165, 1.54) is 70.6 Å². The summed E-state index contributed by atoms with van der Waals surface area (Å²) in [6.45, 7) is 4.73. The minimum absolute atomic E-state index is 0.835. The van der Waals surface area contributed by atoms with Gasteiger partial charge in [0, 0.05) is 12.1 Å². The maximum atomic E-state index is 4.01. The van der Waals surface area contributed by atoms with Crippen LogP contribution in [0.3, 0.4) is 0 Å². The molecule has 2 rings (SSSR count). The average molecular weight is 251 g/mol. The second kappa shape index (κ2) is 7.53. The third-order valence-electron chi connectivity index (χ3n) is 5.50. The van der Waals surface area contributed by atoms with E-state index in [4.69, 9.17) is 0 Å². The van der Waals surface area contributed by atoms with E-state index in [-0.39, 0.29) is 0 Å². The Morgan fingerprint density at radius 3 is 2.11 bits per heavy atom. The molecule has 1 heteroatoms. The van der Waals surface area contributed by atoms with Gasteiger partial charge in [-0.05, 0) is 43.9 Å². The lowest BCUT2D eigenvalue weighted by Crippen LogP contribution is -2.40. The standard InChI is InChI=1S/C17H33N/c1-3-14-7-5-9-16(12-11-14)18-17-10-6-8-15(4-2)13-17/h14-18H,3-13H2,1-2H3. The lowest BCUT2D eigenvalue weighted by Gasteiger charge is -2.32. The molecule has 0 spiro atoms. The molecule has 0 aromatic carbocycles. The molecule has 1 N–H and O–H groups in total. The SMILES string of the molecule is CCC1CCCC(NC2CCCC(CC)C2)CC1. The van der Waals surface area contributed by atoms with Crippen LogP contribution in [0.15, 0.2) is 0 Å². The molecule has 2 saturated carbocycles. The molecule has 1 nitrogen and oxygen atoms in total. The predicted molar refractivity (Wildman–Crippen MR) is 79.8 cm³/mol. The van der Waals surface area contributed by atoms with Crippen LogP contribution in [0.4, 0.5) is 0 Å². The summed E-state index contributed by atoms with van der Waals surface area (Å²) in [5, 5.41) is 4.01. The Bertz CT molecular complexity index is 226. The highest BCUT2D eigenvalue weighted by atomic mass is 15.0. The molecular weight excluding hydrogens is 218 g/mol. The summed E-state index contributed by atoms with van der Waals surface area (Å²) in [5.41, 5.74) is 0. The van der Waals surface area contributed by atoms with Gasteiger partial charge in [0.05, 0.1) is 0 Å². The van der Waals surface area contributed by atoms with E-state index in [9.17, 15) is 0 Å². The van der Waals surface area contributed by atoms with Gasteiger partial charge in [-0.2, -0.15) is 0 Å². The van der Waals surface area contributed by atoms with E-state index in [1.807, 2.05) is 0 Å². The highest BCUT2D eigenvalue weighted by Gasteiger charge is 2.24. The Morgan fingerprint density at radius 2 is 1.39 bits per heavy atom. The van der Waals surface area contributed by atoms with E-state index < -0.39 is 0 Å². The Morgan fingerprint density at radius 1 is 0.722 bits per heavy atom. The number of hydrogen-bond donors (Lipinski definition) is 1. The third kappa shape index (κ3) is 4.26. The van der Waals surface area contributed by atoms with Crippen molar-refractivity contribution in [3.8, 4) is 0 Å². The number of hydrogen-bond acceptors (Lipinski definition) is 1. The summed E-state index contributed by atoms with van der Waals surface area (Å²) < 4.78 is 0. The Kier molecular flexibility index (Phi) is 6.01. The molecule has 2 aliphatic rings. The molecule has 0 aromatic rings. The van der Waals surface area contributed by atoms with Gasteiger partial charge in [0.25, 0.3) is 0 Å². The molecule has 0 heterocycles. The molecule has 0 amide bonds. The largest absolute Gasteiger partial charge is 0.311 e. The molecule has 2 aliphatic carbocycles. The van der Waals surface area contributed by atoms with Gasteiger partial charge < -0.3 is 5.32 Å². The normalized spacial score (nSPS) is 38.3. The Hall–Kier alpha value is -0.0400. The number of rotatable bonds is 4. The second-order valence-corrected chi connectivity index (χ2v) is 6.78. The highest BCUT2D eigenvalue weighted by Crippen LogP contribution is 2.29. The Balaban J connectivity index is 1.75. The lowest BCUT2D eigenvalue weighted by molar-refractivity contribution is 0.253. The van der Waals surface area contributed by atoms with E-state index >= 15 is 0 Å². The van der Waals surface area contributed by atoms with Crippen LogP contribution in [0.1, 0.15) is 84.5 Å². The van der Waals surface area contributed by atoms with Crippen molar-refractivity contribution in [3.63, 3.8) is 0 Å². The molecule has 0 saturated heterocycles. The van der Waals surface area contributed by atoms with Crippen molar-refractivity contribution in [1.29, 1.82) is 0 Å². The fourth-order valence-electron chi connectivity index (χ4n) is 4.10. The predicted octanol–water partition coefficient (Wildman–Crippen LogP) is 4.90. The van der Waals surface area contributed by atoms with Crippen molar-refractivity contribution in [3.05, 3.63) is 0 Å². The minimum Gasteiger partial charge on any atom is -0.311 e. The maximum absolute atomic E-state index is 4.01. The summed E-state index contributed by atoms with van der Waals surface area (Å²) in [6.07, 6.45) is 15.9. The summed E-state index contributed by atoms with van der Waals surface area (Å²) in [4.78, 5) is 0. The van der Waals surface area contributed by atoms with Crippen molar-refractivity contribution < 1.29 is 0 Å². The van der Waals surface area contributed by atoms with E-state index in [0.717, 1.165) is 23.9 Å². The van der Waals surface area contributed by atoms with Gasteiger partial charge in [-0.25, -0.2) is 0 Å². The zero-order valence-electron chi connectivity index (χ0n) is 12.6. The van der Waals surface area contributed by atoms with Crippen LogP contribution >= 0.6 is 0 Å². The van der Waals surface area contributed by atoms with Gasteiger partial charge in [0.15, 0.2) is 0 Å². The molecule has 2 fully saturated rings. The topological polar surface area (TPSA) is 12.0 Å². The van der Waals surface area contributed by atoms with Gasteiger partial charge in [-0.3, -0.25) is 0 Å². The smallest absolute Gasteiger partial charge is 0.00722 e. The first-order valence-corrected chi connectivity index (χ1v) is 8.57. The average Bonchev–Trinajstić information content (AvgIpc) is 2.64. The molecule has 0 radical (unpaired) electrons. The first kappa shape index (κ1) is 14.4. The van der Waals surface area contributed by atoms with Crippen LogP contribution in [-0.4, -0.2) is 12.1 Å². The van der Waals surface area contributed by atoms with Gasteiger partial charge in [-0.15, -0.1) is 0 Å².